The molecule has 1 rings (SSSR count). The Balaban J connectivity index is 2.23. The van der Waals surface area contributed by atoms with E-state index >= 15 is 0 Å². The SMILES string of the molecule is CCN1CCC(C(O)CSC)CC1. The minimum Gasteiger partial charge on any atom is -0.392 e. The molecule has 0 bridgehead atoms. The van der Waals surface area contributed by atoms with E-state index in [2.05, 4.69) is 18.1 Å². The average molecular weight is 203 g/mol. The molecule has 78 valence electrons. The van der Waals surface area contributed by atoms with Crippen LogP contribution in [0.25, 0.3) is 0 Å². The summed E-state index contributed by atoms with van der Waals surface area (Å²) in [4.78, 5) is 2.46. The molecule has 0 aliphatic carbocycles. The topological polar surface area (TPSA) is 23.5 Å². The van der Waals surface area contributed by atoms with Crippen LogP contribution in [-0.2, 0) is 0 Å². The highest BCUT2D eigenvalue weighted by Crippen LogP contribution is 2.22. The fraction of sp³-hybridized carbons (Fsp3) is 1.00. The maximum absolute atomic E-state index is 9.79. The summed E-state index contributed by atoms with van der Waals surface area (Å²) in [5.41, 5.74) is 0. The first kappa shape index (κ1) is 11.3. The lowest BCUT2D eigenvalue weighted by atomic mass is 9.92. The van der Waals surface area contributed by atoms with Gasteiger partial charge in [-0.2, -0.15) is 11.8 Å². The van der Waals surface area contributed by atoms with Gasteiger partial charge in [-0.3, -0.25) is 0 Å². The molecule has 0 aromatic rings. The average Bonchev–Trinajstić information content (AvgIpc) is 2.18. The number of aliphatic hydroxyl groups excluding tert-OH is 1. The van der Waals surface area contributed by atoms with Crippen LogP contribution in [0.5, 0.6) is 0 Å². The number of hydrogen-bond acceptors (Lipinski definition) is 3. The maximum Gasteiger partial charge on any atom is 0.0659 e. The monoisotopic (exact) mass is 203 g/mol. The lowest BCUT2D eigenvalue weighted by Gasteiger charge is -2.33. The second kappa shape index (κ2) is 5.89. The van der Waals surface area contributed by atoms with Crippen LogP contribution < -0.4 is 0 Å². The molecule has 1 heterocycles. The third-order valence-corrected chi connectivity index (χ3v) is 3.64. The zero-order valence-corrected chi connectivity index (χ0v) is 9.52. The summed E-state index contributed by atoms with van der Waals surface area (Å²) in [6.07, 6.45) is 4.34. The largest absolute Gasteiger partial charge is 0.392 e. The van der Waals surface area contributed by atoms with Crippen molar-refractivity contribution in [1.29, 1.82) is 0 Å². The number of piperidine rings is 1. The maximum atomic E-state index is 9.79. The van der Waals surface area contributed by atoms with E-state index in [9.17, 15) is 5.11 Å². The van der Waals surface area contributed by atoms with Crippen LogP contribution in [0.2, 0.25) is 0 Å². The van der Waals surface area contributed by atoms with Crippen LogP contribution in [0.1, 0.15) is 19.8 Å². The third kappa shape index (κ3) is 3.49. The number of thioether (sulfide) groups is 1. The highest BCUT2D eigenvalue weighted by Gasteiger charge is 2.23. The Bertz CT molecular complexity index is 135. The van der Waals surface area contributed by atoms with E-state index in [0.717, 1.165) is 12.3 Å². The van der Waals surface area contributed by atoms with Crippen molar-refractivity contribution in [1.82, 2.24) is 4.90 Å². The molecular weight excluding hydrogens is 182 g/mol. The van der Waals surface area contributed by atoms with Gasteiger partial charge in [0.05, 0.1) is 6.10 Å². The summed E-state index contributed by atoms with van der Waals surface area (Å²) in [5, 5.41) is 9.79. The summed E-state index contributed by atoms with van der Waals surface area (Å²) in [7, 11) is 0. The van der Waals surface area contributed by atoms with Gasteiger partial charge in [-0.05, 0) is 44.6 Å². The summed E-state index contributed by atoms with van der Waals surface area (Å²) in [5.74, 6) is 1.45. The van der Waals surface area contributed by atoms with Crippen molar-refractivity contribution in [3.63, 3.8) is 0 Å². The molecule has 1 aliphatic rings. The number of rotatable bonds is 4. The lowest BCUT2D eigenvalue weighted by molar-refractivity contribution is 0.0768. The standard InChI is InChI=1S/C10H21NOS/c1-3-11-6-4-9(5-7-11)10(12)8-13-2/h9-10,12H,3-8H2,1-2H3. The van der Waals surface area contributed by atoms with E-state index in [1.54, 1.807) is 11.8 Å². The van der Waals surface area contributed by atoms with E-state index in [0.29, 0.717) is 5.92 Å². The van der Waals surface area contributed by atoms with Gasteiger partial charge in [-0.15, -0.1) is 0 Å². The molecule has 2 nitrogen and oxygen atoms in total. The Hall–Kier alpha value is 0.270. The van der Waals surface area contributed by atoms with Crippen molar-refractivity contribution < 1.29 is 5.11 Å². The summed E-state index contributed by atoms with van der Waals surface area (Å²) < 4.78 is 0. The molecule has 13 heavy (non-hydrogen) atoms. The number of aliphatic hydroxyl groups is 1. The molecule has 0 saturated carbocycles. The molecule has 1 saturated heterocycles. The molecule has 1 N–H and O–H groups in total. The van der Waals surface area contributed by atoms with Gasteiger partial charge in [-0.25, -0.2) is 0 Å². The molecule has 0 aromatic heterocycles. The highest BCUT2D eigenvalue weighted by molar-refractivity contribution is 7.98. The van der Waals surface area contributed by atoms with Crippen molar-refractivity contribution >= 4 is 11.8 Å². The van der Waals surface area contributed by atoms with Crippen LogP contribution in [0.4, 0.5) is 0 Å². The predicted octanol–water partition coefficient (Wildman–Crippen LogP) is 1.44. The van der Waals surface area contributed by atoms with Crippen molar-refractivity contribution in [3.8, 4) is 0 Å². The quantitative estimate of drug-likeness (QED) is 0.748. The van der Waals surface area contributed by atoms with Crippen LogP contribution in [0, 0.1) is 5.92 Å². The van der Waals surface area contributed by atoms with Gasteiger partial charge in [0.25, 0.3) is 0 Å². The first-order valence-corrected chi connectivity index (χ1v) is 6.56. The normalized spacial score (nSPS) is 23.3. The van der Waals surface area contributed by atoms with Crippen molar-refractivity contribution in [2.24, 2.45) is 5.92 Å². The molecule has 1 unspecified atom stereocenters. The Morgan fingerprint density at radius 2 is 2.08 bits per heavy atom. The smallest absolute Gasteiger partial charge is 0.0659 e. The van der Waals surface area contributed by atoms with Gasteiger partial charge in [0.15, 0.2) is 0 Å². The summed E-state index contributed by atoms with van der Waals surface area (Å²) in [6.45, 7) is 5.71. The molecule has 0 aromatic carbocycles. The summed E-state index contributed by atoms with van der Waals surface area (Å²) >= 11 is 1.75. The number of nitrogens with zero attached hydrogens (tertiary/aromatic N) is 1. The van der Waals surface area contributed by atoms with E-state index < -0.39 is 0 Å². The predicted molar refractivity (Wildman–Crippen MR) is 59.2 cm³/mol. The highest BCUT2D eigenvalue weighted by atomic mass is 32.2. The van der Waals surface area contributed by atoms with E-state index in [4.69, 9.17) is 0 Å². The van der Waals surface area contributed by atoms with Crippen LogP contribution in [0.3, 0.4) is 0 Å². The number of hydrogen-bond donors (Lipinski definition) is 1. The van der Waals surface area contributed by atoms with Gasteiger partial charge in [-0.1, -0.05) is 6.92 Å². The Morgan fingerprint density at radius 3 is 2.54 bits per heavy atom. The fourth-order valence-electron chi connectivity index (χ4n) is 1.96. The lowest BCUT2D eigenvalue weighted by Crippen LogP contribution is -2.38. The second-order valence-electron chi connectivity index (χ2n) is 3.79. The van der Waals surface area contributed by atoms with Crippen molar-refractivity contribution in [3.05, 3.63) is 0 Å². The molecule has 3 heteroatoms. The third-order valence-electron chi connectivity index (χ3n) is 2.96. The van der Waals surface area contributed by atoms with Gasteiger partial charge < -0.3 is 10.0 Å². The van der Waals surface area contributed by atoms with Crippen molar-refractivity contribution in [2.45, 2.75) is 25.9 Å². The second-order valence-corrected chi connectivity index (χ2v) is 4.71. The minimum atomic E-state index is -0.0750. The van der Waals surface area contributed by atoms with Crippen LogP contribution >= 0.6 is 11.8 Å². The zero-order valence-electron chi connectivity index (χ0n) is 8.70. The Labute approximate surface area is 85.7 Å². The molecule has 0 amide bonds. The molecule has 1 atom stereocenters. The molecule has 1 fully saturated rings. The molecule has 0 spiro atoms. The van der Waals surface area contributed by atoms with Crippen LogP contribution in [-0.4, -0.2) is 47.8 Å². The van der Waals surface area contributed by atoms with Gasteiger partial charge in [0, 0.05) is 5.75 Å². The molecular formula is C10H21NOS. The van der Waals surface area contributed by atoms with Crippen LogP contribution in [0.15, 0.2) is 0 Å². The Morgan fingerprint density at radius 1 is 1.46 bits per heavy atom. The molecule has 0 radical (unpaired) electrons. The zero-order chi connectivity index (χ0) is 9.68. The van der Waals surface area contributed by atoms with Gasteiger partial charge >= 0.3 is 0 Å². The summed E-state index contributed by atoms with van der Waals surface area (Å²) in [6, 6.07) is 0. The van der Waals surface area contributed by atoms with Gasteiger partial charge in [0.1, 0.15) is 0 Å². The fourth-order valence-corrected chi connectivity index (χ4v) is 2.57. The first-order chi connectivity index (χ1) is 6.27. The molecule has 1 aliphatic heterocycles. The van der Waals surface area contributed by atoms with Crippen molar-refractivity contribution in [2.75, 3.05) is 31.6 Å². The van der Waals surface area contributed by atoms with E-state index in [1.165, 1.54) is 25.9 Å². The van der Waals surface area contributed by atoms with Gasteiger partial charge in [0.2, 0.25) is 0 Å². The van der Waals surface area contributed by atoms with E-state index in [-0.39, 0.29) is 6.10 Å². The Kier molecular flexibility index (Phi) is 5.14. The van der Waals surface area contributed by atoms with E-state index in [1.807, 2.05) is 0 Å². The number of likely N-dealkylation sites (tertiary alicyclic amines) is 1. The first-order valence-electron chi connectivity index (χ1n) is 5.17. The minimum absolute atomic E-state index is 0.0750.